The minimum Gasteiger partial charge on any atom is -0.494 e. The number of rotatable bonds is 6. The van der Waals surface area contributed by atoms with Crippen molar-refractivity contribution in [3.8, 4) is 17.3 Å². The van der Waals surface area contributed by atoms with Gasteiger partial charge in [-0.3, -0.25) is 9.89 Å². The monoisotopic (exact) mass is 403 g/mol. The summed E-state index contributed by atoms with van der Waals surface area (Å²) in [5.74, 6) is 1.73. The summed E-state index contributed by atoms with van der Waals surface area (Å²) >= 11 is 0. The first-order valence-corrected chi connectivity index (χ1v) is 9.98. The zero-order valence-corrected chi connectivity index (χ0v) is 16.5. The lowest BCUT2D eigenvalue weighted by Crippen LogP contribution is -2.24. The third-order valence-corrected chi connectivity index (χ3v) is 5.30. The second-order valence-corrected chi connectivity index (χ2v) is 7.33. The molecule has 1 N–H and O–H groups in total. The average molecular weight is 403 g/mol. The number of nitrogens with one attached hydrogen (secondary N) is 1. The van der Waals surface area contributed by atoms with Gasteiger partial charge in [0.05, 0.1) is 12.1 Å². The molecular weight excluding hydrogens is 382 g/mol. The number of aromatic nitrogens is 4. The van der Waals surface area contributed by atoms with Gasteiger partial charge >= 0.3 is 0 Å². The number of aromatic amines is 1. The topological polar surface area (TPSA) is 97.1 Å². The van der Waals surface area contributed by atoms with Crippen LogP contribution in [-0.2, 0) is 11.3 Å². The van der Waals surface area contributed by atoms with Crippen LogP contribution in [0.25, 0.3) is 22.5 Å². The van der Waals surface area contributed by atoms with E-state index in [4.69, 9.17) is 9.26 Å². The van der Waals surface area contributed by atoms with Gasteiger partial charge in [0.25, 0.3) is 5.89 Å². The van der Waals surface area contributed by atoms with Gasteiger partial charge < -0.3 is 14.2 Å². The number of hydrogen-bond donors (Lipinski definition) is 1. The highest BCUT2D eigenvalue weighted by Crippen LogP contribution is 2.30. The Hall–Kier alpha value is -3.68. The molecule has 8 nitrogen and oxygen atoms in total. The van der Waals surface area contributed by atoms with Crippen LogP contribution in [0.15, 0.2) is 53.1 Å². The van der Waals surface area contributed by atoms with E-state index in [9.17, 15) is 4.79 Å². The van der Waals surface area contributed by atoms with Crippen molar-refractivity contribution in [3.63, 3.8) is 0 Å². The summed E-state index contributed by atoms with van der Waals surface area (Å²) < 4.78 is 10.9. The predicted molar refractivity (Wildman–Crippen MR) is 110 cm³/mol. The molecule has 1 saturated heterocycles. The molecule has 4 aromatic rings. The summed E-state index contributed by atoms with van der Waals surface area (Å²) in [7, 11) is 0. The summed E-state index contributed by atoms with van der Waals surface area (Å²) in [6.45, 7) is 3.70. The highest BCUT2D eigenvalue weighted by Gasteiger charge is 2.34. The number of benzene rings is 2. The smallest absolute Gasteiger partial charge is 0.279 e. The fourth-order valence-corrected chi connectivity index (χ4v) is 3.80. The average Bonchev–Trinajstić information content (AvgIpc) is 3.48. The lowest BCUT2D eigenvalue weighted by atomic mass is 10.1. The maximum atomic E-state index is 12.5. The molecular formula is C22H21N5O3. The van der Waals surface area contributed by atoms with Gasteiger partial charge in [-0.1, -0.05) is 35.5 Å². The zero-order chi connectivity index (χ0) is 20.5. The van der Waals surface area contributed by atoms with E-state index in [2.05, 4.69) is 20.3 Å². The number of carbonyl (C=O) groups is 1. The summed E-state index contributed by atoms with van der Waals surface area (Å²) in [5, 5.41) is 12.3. The van der Waals surface area contributed by atoms with Crippen LogP contribution in [0.3, 0.4) is 0 Å². The number of hydrogen-bond acceptors (Lipinski definition) is 6. The Balaban J connectivity index is 1.30. The van der Waals surface area contributed by atoms with E-state index in [1.54, 1.807) is 0 Å². The number of ether oxygens (including phenoxy) is 1. The second-order valence-electron chi connectivity index (χ2n) is 7.33. The van der Waals surface area contributed by atoms with E-state index in [0.29, 0.717) is 43.5 Å². The van der Waals surface area contributed by atoms with Gasteiger partial charge in [0.15, 0.2) is 11.5 Å². The second kappa shape index (κ2) is 7.62. The lowest BCUT2D eigenvalue weighted by molar-refractivity contribution is -0.128. The van der Waals surface area contributed by atoms with Gasteiger partial charge in [0, 0.05) is 30.8 Å². The van der Waals surface area contributed by atoms with Crippen LogP contribution >= 0.6 is 0 Å². The van der Waals surface area contributed by atoms with Crippen molar-refractivity contribution in [2.75, 3.05) is 13.2 Å². The van der Waals surface area contributed by atoms with E-state index < -0.39 is 0 Å². The number of amides is 1. The van der Waals surface area contributed by atoms with Gasteiger partial charge in [-0.15, -0.1) is 0 Å². The third-order valence-electron chi connectivity index (χ3n) is 5.30. The van der Waals surface area contributed by atoms with Crippen molar-refractivity contribution in [3.05, 3.63) is 59.9 Å². The van der Waals surface area contributed by atoms with Gasteiger partial charge in [-0.2, -0.15) is 10.1 Å². The fraction of sp³-hybridized carbons (Fsp3) is 0.273. The number of likely N-dealkylation sites (tertiary alicyclic amines) is 1. The molecule has 1 fully saturated rings. The minimum absolute atomic E-state index is 0.0884. The molecule has 5 rings (SSSR count). The molecule has 0 aliphatic carbocycles. The minimum atomic E-state index is -0.0945. The molecule has 0 saturated carbocycles. The quantitative estimate of drug-likeness (QED) is 0.529. The molecule has 2 aromatic heterocycles. The van der Waals surface area contributed by atoms with Crippen molar-refractivity contribution < 1.29 is 14.1 Å². The van der Waals surface area contributed by atoms with Gasteiger partial charge in [-0.25, -0.2) is 0 Å². The number of H-pyrrole nitrogens is 1. The largest absolute Gasteiger partial charge is 0.494 e. The highest BCUT2D eigenvalue weighted by molar-refractivity contribution is 5.90. The van der Waals surface area contributed by atoms with Crippen LogP contribution in [0.2, 0.25) is 0 Å². The molecule has 0 radical (unpaired) electrons. The molecule has 152 valence electrons. The van der Waals surface area contributed by atoms with Gasteiger partial charge in [0.1, 0.15) is 5.75 Å². The first-order valence-electron chi connectivity index (χ1n) is 9.98. The van der Waals surface area contributed by atoms with Crippen LogP contribution < -0.4 is 4.74 Å². The Bertz CT molecular complexity index is 1180. The Morgan fingerprint density at radius 2 is 2.03 bits per heavy atom. The van der Waals surface area contributed by atoms with Gasteiger partial charge in [-0.05, 0) is 30.7 Å². The number of para-hydroxylation sites is 1. The SMILES string of the molecule is CCOc1ccc(CN2CC(c3noc(-c4n[nH]c5ccccc45)n3)CC2=O)cc1. The van der Waals surface area contributed by atoms with Crippen molar-refractivity contribution in [1.82, 2.24) is 25.2 Å². The molecule has 3 heterocycles. The van der Waals surface area contributed by atoms with Crippen LogP contribution in [-0.4, -0.2) is 44.3 Å². The summed E-state index contributed by atoms with van der Waals surface area (Å²) in [4.78, 5) is 18.9. The number of fused-ring (bicyclic) bond motifs is 1. The number of carbonyl (C=O) groups excluding carboxylic acids is 1. The third kappa shape index (κ3) is 3.41. The normalized spacial score (nSPS) is 16.5. The van der Waals surface area contributed by atoms with Crippen molar-refractivity contribution in [1.29, 1.82) is 0 Å². The van der Waals surface area contributed by atoms with Crippen LogP contribution in [0.1, 0.15) is 30.7 Å². The van der Waals surface area contributed by atoms with Crippen LogP contribution in [0, 0.1) is 0 Å². The van der Waals surface area contributed by atoms with E-state index in [1.165, 1.54) is 0 Å². The Labute approximate surface area is 172 Å². The summed E-state index contributed by atoms with van der Waals surface area (Å²) in [6.07, 6.45) is 0.372. The predicted octanol–water partition coefficient (Wildman–Crippen LogP) is 3.53. The molecule has 8 heteroatoms. The summed E-state index contributed by atoms with van der Waals surface area (Å²) in [5.41, 5.74) is 2.59. The maximum Gasteiger partial charge on any atom is 0.279 e. The Morgan fingerprint density at radius 3 is 2.87 bits per heavy atom. The standard InChI is InChI=1S/C22H21N5O3/c1-2-29-16-9-7-14(8-10-16)12-27-13-15(11-19(27)28)21-23-22(30-26-21)20-17-5-3-4-6-18(17)24-25-20/h3-10,15H,2,11-13H2,1H3,(H,24,25). The Kier molecular flexibility index (Phi) is 4.66. The first kappa shape index (κ1) is 18.4. The Morgan fingerprint density at radius 1 is 1.20 bits per heavy atom. The maximum absolute atomic E-state index is 12.5. The van der Waals surface area contributed by atoms with Crippen LogP contribution in [0.4, 0.5) is 0 Å². The molecule has 1 amide bonds. The van der Waals surface area contributed by atoms with E-state index in [1.807, 2.05) is 60.4 Å². The van der Waals surface area contributed by atoms with Crippen molar-refractivity contribution >= 4 is 16.8 Å². The molecule has 1 aliphatic rings. The first-order chi connectivity index (χ1) is 14.7. The molecule has 30 heavy (non-hydrogen) atoms. The summed E-state index contributed by atoms with van der Waals surface area (Å²) in [6, 6.07) is 15.6. The van der Waals surface area contributed by atoms with Crippen LogP contribution in [0.5, 0.6) is 5.75 Å². The molecule has 0 bridgehead atoms. The van der Waals surface area contributed by atoms with Crippen molar-refractivity contribution in [2.24, 2.45) is 0 Å². The molecule has 1 unspecified atom stereocenters. The van der Waals surface area contributed by atoms with Gasteiger partial charge in [0.2, 0.25) is 5.91 Å². The molecule has 1 atom stereocenters. The highest BCUT2D eigenvalue weighted by atomic mass is 16.5. The molecule has 2 aromatic carbocycles. The zero-order valence-electron chi connectivity index (χ0n) is 16.5. The van der Waals surface area contributed by atoms with E-state index in [0.717, 1.165) is 22.2 Å². The van der Waals surface area contributed by atoms with E-state index >= 15 is 0 Å². The number of nitrogens with zero attached hydrogens (tertiary/aromatic N) is 4. The van der Waals surface area contributed by atoms with Crippen molar-refractivity contribution in [2.45, 2.75) is 25.8 Å². The lowest BCUT2D eigenvalue weighted by Gasteiger charge is -2.16. The van der Waals surface area contributed by atoms with E-state index in [-0.39, 0.29) is 11.8 Å². The fourth-order valence-electron chi connectivity index (χ4n) is 3.80. The molecule has 0 spiro atoms. The molecule has 1 aliphatic heterocycles.